The first-order chi connectivity index (χ1) is 8.25. The van der Waals surface area contributed by atoms with Gasteiger partial charge in [0.05, 0.1) is 23.8 Å². The Bertz CT molecular complexity index is 534. The van der Waals surface area contributed by atoms with Crippen molar-refractivity contribution in [3.63, 3.8) is 0 Å². The SMILES string of the molecule is Cc1cc(-n2ccnc2)c2c(n1)C(O)CCC2. The summed E-state index contributed by atoms with van der Waals surface area (Å²) in [6.07, 6.45) is 7.87. The number of fused-ring (bicyclic) bond motifs is 1. The summed E-state index contributed by atoms with van der Waals surface area (Å²) in [5, 5.41) is 10.0. The maximum atomic E-state index is 10.0. The fourth-order valence-electron chi connectivity index (χ4n) is 2.48. The highest BCUT2D eigenvalue weighted by molar-refractivity contribution is 5.46. The van der Waals surface area contributed by atoms with Crippen LogP contribution in [0.25, 0.3) is 5.69 Å². The number of hydrogen-bond donors (Lipinski definition) is 1. The van der Waals surface area contributed by atoms with E-state index in [1.54, 1.807) is 12.5 Å². The van der Waals surface area contributed by atoms with E-state index in [0.29, 0.717) is 0 Å². The quantitative estimate of drug-likeness (QED) is 0.813. The van der Waals surface area contributed by atoms with E-state index in [2.05, 4.69) is 16.0 Å². The summed E-state index contributed by atoms with van der Waals surface area (Å²) < 4.78 is 1.99. The summed E-state index contributed by atoms with van der Waals surface area (Å²) in [5.74, 6) is 0. The lowest BCUT2D eigenvalue weighted by molar-refractivity contribution is 0.151. The minimum Gasteiger partial charge on any atom is -0.387 e. The van der Waals surface area contributed by atoms with Crippen LogP contribution < -0.4 is 0 Å². The van der Waals surface area contributed by atoms with E-state index >= 15 is 0 Å². The molecule has 0 saturated heterocycles. The van der Waals surface area contributed by atoms with E-state index in [0.717, 1.165) is 41.9 Å². The molecule has 2 aromatic heterocycles. The number of aliphatic hydroxyl groups is 1. The van der Waals surface area contributed by atoms with Gasteiger partial charge in [0.25, 0.3) is 0 Å². The fraction of sp³-hybridized carbons (Fsp3) is 0.385. The van der Waals surface area contributed by atoms with E-state index < -0.39 is 6.10 Å². The largest absolute Gasteiger partial charge is 0.387 e. The first-order valence-corrected chi connectivity index (χ1v) is 5.92. The number of aliphatic hydroxyl groups excluding tert-OH is 1. The molecule has 1 aliphatic carbocycles. The van der Waals surface area contributed by atoms with Crippen LogP contribution in [-0.2, 0) is 6.42 Å². The lowest BCUT2D eigenvalue weighted by Gasteiger charge is -2.23. The summed E-state index contributed by atoms with van der Waals surface area (Å²) in [7, 11) is 0. The van der Waals surface area contributed by atoms with Crippen LogP contribution in [0.1, 0.15) is 35.9 Å². The molecule has 0 amide bonds. The van der Waals surface area contributed by atoms with Gasteiger partial charge in [0.15, 0.2) is 0 Å². The highest BCUT2D eigenvalue weighted by Gasteiger charge is 2.23. The van der Waals surface area contributed by atoms with Crippen LogP contribution >= 0.6 is 0 Å². The second-order valence-electron chi connectivity index (χ2n) is 4.52. The summed E-state index contributed by atoms with van der Waals surface area (Å²) >= 11 is 0. The van der Waals surface area contributed by atoms with Gasteiger partial charge >= 0.3 is 0 Å². The molecule has 0 spiro atoms. The molecule has 4 heteroatoms. The molecule has 4 nitrogen and oxygen atoms in total. The third kappa shape index (κ3) is 1.74. The van der Waals surface area contributed by atoms with Gasteiger partial charge in [-0.1, -0.05) is 0 Å². The number of imidazole rings is 1. The van der Waals surface area contributed by atoms with Gasteiger partial charge in [-0.2, -0.15) is 0 Å². The van der Waals surface area contributed by atoms with Crippen LogP contribution in [0.5, 0.6) is 0 Å². The molecule has 1 N–H and O–H groups in total. The first-order valence-electron chi connectivity index (χ1n) is 5.92. The van der Waals surface area contributed by atoms with E-state index in [4.69, 9.17) is 0 Å². The number of aromatic nitrogens is 3. The average molecular weight is 229 g/mol. The molecule has 1 aliphatic rings. The first kappa shape index (κ1) is 10.5. The highest BCUT2D eigenvalue weighted by Crippen LogP contribution is 2.32. The fourth-order valence-corrected chi connectivity index (χ4v) is 2.48. The topological polar surface area (TPSA) is 50.9 Å². The normalized spacial score (nSPS) is 19.1. The third-order valence-electron chi connectivity index (χ3n) is 3.26. The van der Waals surface area contributed by atoms with Crippen molar-refractivity contribution in [1.82, 2.24) is 14.5 Å². The van der Waals surface area contributed by atoms with Crippen molar-refractivity contribution in [3.05, 3.63) is 41.7 Å². The van der Waals surface area contributed by atoms with E-state index in [-0.39, 0.29) is 0 Å². The van der Waals surface area contributed by atoms with Gasteiger partial charge in [-0.25, -0.2) is 4.98 Å². The maximum Gasteiger partial charge on any atom is 0.0991 e. The molecular formula is C13H15N3O. The smallest absolute Gasteiger partial charge is 0.0991 e. The maximum absolute atomic E-state index is 10.0. The molecule has 2 aromatic rings. The number of aryl methyl sites for hydroxylation is 1. The molecule has 0 saturated carbocycles. The van der Waals surface area contributed by atoms with Crippen molar-refractivity contribution in [3.8, 4) is 5.69 Å². The number of pyridine rings is 1. The molecule has 0 aliphatic heterocycles. The summed E-state index contributed by atoms with van der Waals surface area (Å²) in [5.41, 5.74) is 4.05. The molecule has 2 heterocycles. The van der Waals surface area contributed by atoms with E-state index in [1.165, 1.54) is 0 Å². The van der Waals surface area contributed by atoms with Crippen molar-refractivity contribution in [2.24, 2.45) is 0 Å². The molecule has 17 heavy (non-hydrogen) atoms. The Morgan fingerprint density at radius 2 is 2.35 bits per heavy atom. The Balaban J connectivity index is 2.21. The van der Waals surface area contributed by atoms with Gasteiger partial charge in [0.1, 0.15) is 0 Å². The Kier molecular flexibility index (Phi) is 2.44. The van der Waals surface area contributed by atoms with Crippen LogP contribution in [-0.4, -0.2) is 19.6 Å². The Hall–Kier alpha value is -1.68. The minimum atomic E-state index is -0.416. The molecule has 0 aromatic carbocycles. The molecular weight excluding hydrogens is 214 g/mol. The van der Waals surface area contributed by atoms with Crippen molar-refractivity contribution >= 4 is 0 Å². The monoisotopic (exact) mass is 229 g/mol. The number of hydrogen-bond acceptors (Lipinski definition) is 3. The van der Waals surface area contributed by atoms with Gasteiger partial charge in [0, 0.05) is 23.7 Å². The summed E-state index contributed by atoms with van der Waals surface area (Å²) in [4.78, 5) is 8.56. The summed E-state index contributed by atoms with van der Waals surface area (Å²) in [6, 6.07) is 2.05. The zero-order valence-electron chi connectivity index (χ0n) is 9.80. The van der Waals surface area contributed by atoms with Crippen LogP contribution in [0.3, 0.4) is 0 Å². The van der Waals surface area contributed by atoms with E-state index in [1.807, 2.05) is 17.7 Å². The van der Waals surface area contributed by atoms with Gasteiger partial charge in [-0.05, 0) is 32.3 Å². The van der Waals surface area contributed by atoms with Gasteiger partial charge in [-0.15, -0.1) is 0 Å². The van der Waals surface area contributed by atoms with Gasteiger partial charge in [-0.3, -0.25) is 4.98 Å². The molecule has 1 atom stereocenters. The number of nitrogens with zero attached hydrogens (tertiary/aromatic N) is 3. The lowest BCUT2D eigenvalue weighted by Crippen LogP contribution is -2.15. The second kappa shape index (κ2) is 3.96. The lowest BCUT2D eigenvalue weighted by atomic mass is 9.92. The van der Waals surface area contributed by atoms with Gasteiger partial charge < -0.3 is 9.67 Å². The van der Waals surface area contributed by atoms with Crippen LogP contribution in [0.4, 0.5) is 0 Å². The van der Waals surface area contributed by atoms with Crippen LogP contribution in [0, 0.1) is 6.92 Å². The second-order valence-corrected chi connectivity index (χ2v) is 4.52. The van der Waals surface area contributed by atoms with Crippen molar-refractivity contribution in [1.29, 1.82) is 0 Å². The van der Waals surface area contributed by atoms with E-state index in [9.17, 15) is 5.11 Å². The predicted octanol–water partition coefficient (Wildman–Crippen LogP) is 1.95. The predicted molar refractivity (Wildman–Crippen MR) is 64.0 cm³/mol. The minimum absolute atomic E-state index is 0.416. The molecule has 1 unspecified atom stereocenters. The van der Waals surface area contributed by atoms with Crippen molar-refractivity contribution < 1.29 is 5.11 Å². The third-order valence-corrected chi connectivity index (χ3v) is 3.26. The van der Waals surface area contributed by atoms with Crippen LogP contribution in [0.2, 0.25) is 0 Å². The molecule has 88 valence electrons. The average Bonchev–Trinajstić information content (AvgIpc) is 2.83. The van der Waals surface area contributed by atoms with Crippen molar-refractivity contribution in [2.75, 3.05) is 0 Å². The molecule has 0 fully saturated rings. The highest BCUT2D eigenvalue weighted by atomic mass is 16.3. The molecule has 0 radical (unpaired) electrons. The Labute approximate surface area is 100.0 Å². The number of rotatable bonds is 1. The van der Waals surface area contributed by atoms with Crippen LogP contribution in [0.15, 0.2) is 24.8 Å². The standard InChI is InChI=1S/C13H15N3O/c1-9-7-11(16-6-5-14-8-16)10-3-2-4-12(17)13(10)15-9/h5-8,12,17H,2-4H2,1H3. The Morgan fingerprint density at radius 1 is 1.47 bits per heavy atom. The Morgan fingerprint density at radius 3 is 3.12 bits per heavy atom. The van der Waals surface area contributed by atoms with Gasteiger partial charge in [0.2, 0.25) is 0 Å². The zero-order chi connectivity index (χ0) is 11.8. The molecule has 3 rings (SSSR count). The van der Waals surface area contributed by atoms with Crippen molar-refractivity contribution in [2.45, 2.75) is 32.3 Å². The summed E-state index contributed by atoms with van der Waals surface area (Å²) in [6.45, 7) is 1.96. The zero-order valence-corrected chi connectivity index (χ0v) is 9.80. The molecule has 0 bridgehead atoms.